The molecule has 3 amide bonds. The molecule has 0 atom stereocenters. The average Bonchev–Trinajstić information content (AvgIpc) is 3.21. The number of hydrogen-bond acceptors (Lipinski definition) is 8. The van der Waals surface area contributed by atoms with Crippen molar-refractivity contribution in [2.75, 3.05) is 20.0 Å². The van der Waals surface area contributed by atoms with Crippen molar-refractivity contribution in [3.63, 3.8) is 0 Å². The van der Waals surface area contributed by atoms with Gasteiger partial charge >= 0.3 is 6.03 Å². The third-order valence-electron chi connectivity index (χ3n) is 4.52. The van der Waals surface area contributed by atoms with Crippen LogP contribution in [0.25, 0.3) is 11.5 Å². The minimum absolute atomic E-state index is 0.0127. The Bertz CT molecular complexity index is 829. The fraction of sp³-hybridized carbons (Fsp3) is 0.474. The Morgan fingerprint density at radius 2 is 1.79 bits per heavy atom. The van der Waals surface area contributed by atoms with Crippen molar-refractivity contribution in [1.82, 2.24) is 20.8 Å². The van der Waals surface area contributed by atoms with E-state index in [9.17, 15) is 9.59 Å². The van der Waals surface area contributed by atoms with Gasteiger partial charge in [0.25, 0.3) is 5.22 Å². The smallest absolute Gasteiger partial charge is 0.321 e. The zero-order valence-electron chi connectivity index (χ0n) is 16.4. The lowest BCUT2D eigenvalue weighted by atomic mass is 9.96. The summed E-state index contributed by atoms with van der Waals surface area (Å²) >= 11 is 1.06. The van der Waals surface area contributed by atoms with Gasteiger partial charge in [0.05, 0.1) is 20.0 Å². The van der Waals surface area contributed by atoms with Gasteiger partial charge in [-0.05, 0) is 25.0 Å². The average molecular weight is 420 g/mol. The van der Waals surface area contributed by atoms with Crippen molar-refractivity contribution in [3.05, 3.63) is 18.2 Å². The number of benzene rings is 1. The summed E-state index contributed by atoms with van der Waals surface area (Å²) in [6.45, 7) is 0. The van der Waals surface area contributed by atoms with E-state index in [1.54, 1.807) is 32.4 Å². The first kappa shape index (κ1) is 21.0. The Kier molecular flexibility index (Phi) is 7.34. The molecule has 156 valence electrons. The molecule has 0 aliphatic heterocycles. The number of imide groups is 1. The molecule has 10 heteroatoms. The summed E-state index contributed by atoms with van der Waals surface area (Å²) in [5.74, 6) is 1.03. The molecule has 2 aromatic rings. The Labute approximate surface area is 172 Å². The number of nitrogens with zero attached hydrogens (tertiary/aromatic N) is 2. The van der Waals surface area contributed by atoms with Gasteiger partial charge < -0.3 is 19.2 Å². The number of urea groups is 1. The molecule has 1 aliphatic carbocycles. The predicted octanol–water partition coefficient (Wildman–Crippen LogP) is 3.00. The molecular formula is C19H24N4O5S. The minimum Gasteiger partial charge on any atom is -0.497 e. The highest BCUT2D eigenvalue weighted by atomic mass is 32.2. The van der Waals surface area contributed by atoms with Crippen LogP contribution in [-0.2, 0) is 4.79 Å². The van der Waals surface area contributed by atoms with Crippen molar-refractivity contribution >= 4 is 23.7 Å². The zero-order valence-corrected chi connectivity index (χ0v) is 17.2. The molecule has 0 radical (unpaired) electrons. The zero-order chi connectivity index (χ0) is 20.6. The van der Waals surface area contributed by atoms with Gasteiger partial charge in [-0.2, -0.15) is 0 Å². The predicted molar refractivity (Wildman–Crippen MR) is 107 cm³/mol. The summed E-state index contributed by atoms with van der Waals surface area (Å²) in [4.78, 5) is 23.9. The molecule has 3 rings (SSSR count). The summed E-state index contributed by atoms with van der Waals surface area (Å²) < 4.78 is 16.1. The van der Waals surface area contributed by atoms with Gasteiger partial charge in [-0.25, -0.2) is 4.79 Å². The molecule has 2 N–H and O–H groups in total. The lowest BCUT2D eigenvalue weighted by molar-refractivity contribution is -0.117. The van der Waals surface area contributed by atoms with E-state index in [4.69, 9.17) is 13.9 Å². The largest absolute Gasteiger partial charge is 0.497 e. The maximum atomic E-state index is 12.0. The van der Waals surface area contributed by atoms with Gasteiger partial charge in [0.1, 0.15) is 11.5 Å². The molecule has 0 spiro atoms. The number of nitrogens with one attached hydrogen (secondary N) is 2. The molecule has 0 bridgehead atoms. The Morgan fingerprint density at radius 3 is 2.45 bits per heavy atom. The van der Waals surface area contributed by atoms with E-state index in [0.717, 1.165) is 37.4 Å². The van der Waals surface area contributed by atoms with Gasteiger partial charge in [-0.3, -0.25) is 10.1 Å². The third-order valence-corrected chi connectivity index (χ3v) is 5.34. The van der Waals surface area contributed by atoms with E-state index in [0.29, 0.717) is 17.1 Å². The summed E-state index contributed by atoms with van der Waals surface area (Å²) in [6.07, 6.45) is 5.32. The molecule has 1 saturated carbocycles. The van der Waals surface area contributed by atoms with Crippen LogP contribution in [0.4, 0.5) is 4.79 Å². The van der Waals surface area contributed by atoms with Crippen molar-refractivity contribution in [3.8, 4) is 23.0 Å². The number of ether oxygens (including phenoxy) is 2. The van der Waals surface area contributed by atoms with Gasteiger partial charge in [-0.1, -0.05) is 31.0 Å². The van der Waals surface area contributed by atoms with Gasteiger partial charge in [-0.15, -0.1) is 10.2 Å². The first-order valence-electron chi connectivity index (χ1n) is 9.37. The van der Waals surface area contributed by atoms with Crippen LogP contribution < -0.4 is 20.1 Å². The summed E-state index contributed by atoms with van der Waals surface area (Å²) in [5.41, 5.74) is 0.636. The lowest BCUT2D eigenvalue weighted by Crippen LogP contribution is -2.45. The van der Waals surface area contributed by atoms with Crippen LogP contribution in [0.3, 0.4) is 0 Å². The van der Waals surface area contributed by atoms with Crippen LogP contribution in [0, 0.1) is 0 Å². The highest BCUT2D eigenvalue weighted by Gasteiger charge is 2.18. The van der Waals surface area contributed by atoms with E-state index in [1.165, 1.54) is 6.42 Å². The topological polar surface area (TPSA) is 116 Å². The first-order valence-corrected chi connectivity index (χ1v) is 10.4. The number of hydrogen-bond donors (Lipinski definition) is 2. The van der Waals surface area contributed by atoms with Crippen molar-refractivity contribution in [2.45, 2.75) is 43.4 Å². The quantitative estimate of drug-likeness (QED) is 0.657. The van der Waals surface area contributed by atoms with E-state index in [-0.39, 0.29) is 22.9 Å². The Balaban J connectivity index is 1.51. The number of carbonyl (C=O) groups is 2. The fourth-order valence-corrected chi connectivity index (χ4v) is 3.64. The highest BCUT2D eigenvalue weighted by molar-refractivity contribution is 7.99. The van der Waals surface area contributed by atoms with Crippen LogP contribution in [-0.4, -0.2) is 48.1 Å². The normalized spacial score (nSPS) is 14.3. The van der Waals surface area contributed by atoms with Crippen LogP contribution >= 0.6 is 11.8 Å². The second kappa shape index (κ2) is 10.1. The molecule has 29 heavy (non-hydrogen) atoms. The number of thioether (sulfide) groups is 1. The molecule has 1 aliphatic rings. The van der Waals surface area contributed by atoms with Crippen LogP contribution in [0.5, 0.6) is 11.5 Å². The number of carbonyl (C=O) groups excluding carboxylic acids is 2. The van der Waals surface area contributed by atoms with Crippen molar-refractivity contribution in [1.29, 1.82) is 0 Å². The SMILES string of the molecule is COc1cc(OC)cc(-c2nnc(SCC(=O)NC(=O)NC3CCCCC3)o2)c1. The van der Waals surface area contributed by atoms with Crippen LogP contribution in [0.2, 0.25) is 0 Å². The van der Waals surface area contributed by atoms with E-state index >= 15 is 0 Å². The molecule has 1 heterocycles. The minimum atomic E-state index is -0.461. The molecule has 0 unspecified atom stereocenters. The van der Waals surface area contributed by atoms with Gasteiger partial charge in [0.15, 0.2) is 0 Å². The second-order valence-electron chi connectivity index (χ2n) is 6.62. The molecular weight excluding hydrogens is 396 g/mol. The molecule has 9 nitrogen and oxygen atoms in total. The second-order valence-corrected chi connectivity index (χ2v) is 7.55. The fourth-order valence-electron chi connectivity index (χ4n) is 3.07. The van der Waals surface area contributed by atoms with Gasteiger partial charge in [0, 0.05) is 17.7 Å². The van der Waals surface area contributed by atoms with Crippen molar-refractivity contribution < 1.29 is 23.5 Å². The summed E-state index contributed by atoms with van der Waals surface area (Å²) in [5, 5.41) is 13.3. The van der Waals surface area contributed by atoms with Crippen LogP contribution in [0.1, 0.15) is 32.1 Å². The van der Waals surface area contributed by atoms with E-state index < -0.39 is 11.9 Å². The number of rotatable bonds is 7. The summed E-state index contributed by atoms with van der Waals surface area (Å²) in [6, 6.07) is 4.90. The number of aromatic nitrogens is 2. The monoisotopic (exact) mass is 420 g/mol. The number of amides is 3. The van der Waals surface area contributed by atoms with E-state index in [2.05, 4.69) is 20.8 Å². The maximum absolute atomic E-state index is 12.0. The lowest BCUT2D eigenvalue weighted by Gasteiger charge is -2.22. The molecule has 1 aromatic heterocycles. The summed E-state index contributed by atoms with van der Waals surface area (Å²) in [7, 11) is 3.10. The Hall–Kier alpha value is -2.75. The Morgan fingerprint density at radius 1 is 1.10 bits per heavy atom. The molecule has 1 fully saturated rings. The van der Waals surface area contributed by atoms with E-state index in [1.807, 2.05) is 0 Å². The highest BCUT2D eigenvalue weighted by Crippen LogP contribution is 2.30. The van der Waals surface area contributed by atoms with Crippen LogP contribution in [0.15, 0.2) is 27.8 Å². The third kappa shape index (κ3) is 6.11. The number of methoxy groups -OCH3 is 2. The first-order chi connectivity index (χ1) is 14.1. The molecule has 0 saturated heterocycles. The maximum Gasteiger partial charge on any atom is 0.321 e. The van der Waals surface area contributed by atoms with Crippen molar-refractivity contribution in [2.24, 2.45) is 0 Å². The standard InChI is InChI=1S/C19H24N4O5S/c1-26-14-8-12(9-15(10-14)27-2)17-22-23-19(28-17)29-11-16(24)21-18(25)20-13-6-4-3-5-7-13/h8-10,13H,3-7,11H2,1-2H3,(H2,20,21,24,25). The van der Waals surface area contributed by atoms with Gasteiger partial charge in [0.2, 0.25) is 11.8 Å². The molecule has 1 aromatic carbocycles.